The largest absolute Gasteiger partial charge is 0.326 e. The van der Waals surface area contributed by atoms with E-state index in [0.717, 1.165) is 30.5 Å². The van der Waals surface area contributed by atoms with Gasteiger partial charge in [0.05, 0.1) is 0 Å². The molecule has 3 heteroatoms. The average Bonchev–Trinajstić information content (AvgIpc) is 2.38. The average molecular weight is 268 g/mol. The quantitative estimate of drug-likeness (QED) is 0.771. The van der Waals surface area contributed by atoms with Gasteiger partial charge in [0.15, 0.2) is 0 Å². The molecule has 0 saturated heterocycles. The number of alkyl halides is 1. The van der Waals surface area contributed by atoms with Crippen LogP contribution in [0.4, 0.5) is 5.69 Å². The summed E-state index contributed by atoms with van der Waals surface area (Å²) in [5, 5.41) is 2.98. The molecular weight excluding hydrogens is 246 g/mol. The summed E-state index contributed by atoms with van der Waals surface area (Å²) in [6, 6.07) is 6.17. The first-order valence-electron chi connectivity index (χ1n) is 6.54. The third-order valence-electron chi connectivity index (χ3n) is 3.21. The number of nitrogens with one attached hydrogen (secondary N) is 1. The van der Waals surface area contributed by atoms with E-state index in [9.17, 15) is 4.79 Å². The molecule has 18 heavy (non-hydrogen) atoms. The van der Waals surface area contributed by atoms with E-state index in [2.05, 4.69) is 17.4 Å². The van der Waals surface area contributed by atoms with Crippen LogP contribution in [0.5, 0.6) is 0 Å². The molecule has 0 radical (unpaired) electrons. The molecule has 1 unspecified atom stereocenters. The molecule has 1 aromatic rings. The molecule has 1 rings (SSSR count). The van der Waals surface area contributed by atoms with Crippen LogP contribution in [0.25, 0.3) is 0 Å². The predicted molar refractivity (Wildman–Crippen MR) is 78.3 cm³/mol. The summed E-state index contributed by atoms with van der Waals surface area (Å²) in [4.78, 5) is 11.8. The molecule has 0 saturated carbocycles. The Morgan fingerprint density at radius 2 is 2.17 bits per heavy atom. The Kier molecular flexibility index (Phi) is 6.20. The number of carbonyl (C=O) groups is 1. The fraction of sp³-hybridized carbons (Fsp3) is 0.533. The lowest BCUT2D eigenvalue weighted by Gasteiger charge is -2.13. The number of benzene rings is 1. The smallest absolute Gasteiger partial charge is 0.227 e. The zero-order chi connectivity index (χ0) is 13.5. The normalized spacial score (nSPS) is 12.2. The van der Waals surface area contributed by atoms with Crippen LogP contribution < -0.4 is 5.32 Å². The summed E-state index contributed by atoms with van der Waals surface area (Å²) in [5.74, 6) is 0.834. The van der Waals surface area contributed by atoms with Crippen LogP contribution in [0.3, 0.4) is 0 Å². The van der Waals surface area contributed by atoms with E-state index in [4.69, 9.17) is 11.6 Å². The Hall–Kier alpha value is -1.02. The Morgan fingerprint density at radius 1 is 1.44 bits per heavy atom. The molecule has 100 valence electrons. The van der Waals surface area contributed by atoms with Crippen LogP contribution in [0.2, 0.25) is 0 Å². The molecule has 1 amide bonds. The topological polar surface area (TPSA) is 29.1 Å². The van der Waals surface area contributed by atoms with Gasteiger partial charge in [-0.1, -0.05) is 26.0 Å². The number of aryl methyl sites for hydroxylation is 2. The van der Waals surface area contributed by atoms with Crippen molar-refractivity contribution in [2.24, 2.45) is 5.92 Å². The molecule has 1 atom stereocenters. The third-order valence-corrected chi connectivity index (χ3v) is 3.47. The summed E-state index contributed by atoms with van der Waals surface area (Å²) in [7, 11) is 0. The summed E-state index contributed by atoms with van der Waals surface area (Å²) in [5.41, 5.74) is 3.29. The van der Waals surface area contributed by atoms with E-state index in [0.29, 0.717) is 5.88 Å². The van der Waals surface area contributed by atoms with Gasteiger partial charge in [0, 0.05) is 17.5 Å². The van der Waals surface area contributed by atoms with Crippen molar-refractivity contribution in [3.63, 3.8) is 0 Å². The minimum absolute atomic E-state index is 0.0559. The highest BCUT2D eigenvalue weighted by molar-refractivity contribution is 6.17. The van der Waals surface area contributed by atoms with E-state index in [1.807, 2.05) is 26.8 Å². The first-order valence-corrected chi connectivity index (χ1v) is 7.08. The number of rotatable bonds is 6. The molecule has 0 fully saturated rings. The number of halogens is 1. The van der Waals surface area contributed by atoms with Gasteiger partial charge < -0.3 is 5.32 Å². The van der Waals surface area contributed by atoms with Crippen molar-refractivity contribution >= 4 is 23.2 Å². The maximum absolute atomic E-state index is 11.8. The Bertz CT molecular complexity index is 403. The minimum atomic E-state index is 0.0559. The monoisotopic (exact) mass is 267 g/mol. The highest BCUT2D eigenvalue weighted by Crippen LogP contribution is 2.19. The molecule has 0 aliphatic heterocycles. The SMILES string of the molecule is CCC(C)C(=O)Nc1ccc(CCCCl)cc1C. The van der Waals surface area contributed by atoms with Crippen molar-refractivity contribution < 1.29 is 4.79 Å². The van der Waals surface area contributed by atoms with Crippen molar-refractivity contribution in [1.82, 2.24) is 0 Å². The van der Waals surface area contributed by atoms with Gasteiger partial charge >= 0.3 is 0 Å². The minimum Gasteiger partial charge on any atom is -0.326 e. The standard InChI is InChI=1S/C15H22ClNO/c1-4-11(2)15(18)17-14-8-7-13(6-5-9-16)10-12(14)3/h7-8,10-11H,4-6,9H2,1-3H3,(H,17,18). The van der Waals surface area contributed by atoms with Crippen LogP contribution in [-0.4, -0.2) is 11.8 Å². The van der Waals surface area contributed by atoms with Gasteiger partial charge in [-0.25, -0.2) is 0 Å². The molecule has 0 heterocycles. The van der Waals surface area contributed by atoms with Crippen LogP contribution in [-0.2, 0) is 11.2 Å². The first-order chi connectivity index (χ1) is 8.58. The van der Waals surface area contributed by atoms with Crippen LogP contribution in [0.1, 0.15) is 37.8 Å². The summed E-state index contributed by atoms with van der Waals surface area (Å²) in [6.07, 6.45) is 2.84. The lowest BCUT2D eigenvalue weighted by molar-refractivity contribution is -0.119. The Balaban J connectivity index is 2.70. The zero-order valence-corrected chi connectivity index (χ0v) is 12.2. The maximum atomic E-state index is 11.8. The molecule has 0 aromatic heterocycles. The second-order valence-corrected chi connectivity index (χ2v) is 5.12. The van der Waals surface area contributed by atoms with Gasteiger partial charge in [-0.2, -0.15) is 0 Å². The van der Waals surface area contributed by atoms with E-state index < -0.39 is 0 Å². The Labute approximate surface area is 115 Å². The van der Waals surface area contributed by atoms with Gasteiger partial charge in [0.25, 0.3) is 0 Å². The van der Waals surface area contributed by atoms with Gasteiger partial charge in [0.1, 0.15) is 0 Å². The number of hydrogen-bond acceptors (Lipinski definition) is 1. The Morgan fingerprint density at radius 3 is 2.72 bits per heavy atom. The van der Waals surface area contributed by atoms with Crippen molar-refractivity contribution in [2.45, 2.75) is 40.0 Å². The zero-order valence-electron chi connectivity index (χ0n) is 11.4. The van der Waals surface area contributed by atoms with Gasteiger partial charge in [0.2, 0.25) is 5.91 Å². The predicted octanol–water partition coefficient (Wildman–Crippen LogP) is 4.15. The van der Waals surface area contributed by atoms with Crippen LogP contribution in [0, 0.1) is 12.8 Å². The highest BCUT2D eigenvalue weighted by atomic mass is 35.5. The molecule has 0 aliphatic rings. The first kappa shape index (κ1) is 15.0. The van der Waals surface area contributed by atoms with E-state index in [1.165, 1.54) is 5.56 Å². The molecular formula is C15H22ClNO. The fourth-order valence-corrected chi connectivity index (χ4v) is 1.87. The molecule has 0 aliphatic carbocycles. The summed E-state index contributed by atoms with van der Waals surface area (Å²) in [6.45, 7) is 5.99. The molecule has 0 bridgehead atoms. The lowest BCUT2D eigenvalue weighted by Crippen LogP contribution is -2.20. The molecule has 1 N–H and O–H groups in total. The van der Waals surface area contributed by atoms with Crippen molar-refractivity contribution in [2.75, 3.05) is 11.2 Å². The van der Waals surface area contributed by atoms with Crippen LogP contribution >= 0.6 is 11.6 Å². The molecule has 1 aromatic carbocycles. The van der Waals surface area contributed by atoms with E-state index in [-0.39, 0.29) is 11.8 Å². The molecule has 2 nitrogen and oxygen atoms in total. The van der Waals surface area contributed by atoms with Crippen molar-refractivity contribution in [3.8, 4) is 0 Å². The fourth-order valence-electron chi connectivity index (χ4n) is 1.73. The lowest BCUT2D eigenvalue weighted by atomic mass is 10.0. The van der Waals surface area contributed by atoms with Crippen molar-refractivity contribution in [1.29, 1.82) is 0 Å². The number of anilines is 1. The summed E-state index contributed by atoms with van der Waals surface area (Å²) >= 11 is 5.69. The second-order valence-electron chi connectivity index (χ2n) is 4.74. The second kappa shape index (κ2) is 7.42. The number of carbonyl (C=O) groups excluding carboxylic acids is 1. The highest BCUT2D eigenvalue weighted by Gasteiger charge is 2.11. The van der Waals surface area contributed by atoms with Gasteiger partial charge in [-0.05, 0) is 43.4 Å². The number of hydrogen-bond donors (Lipinski definition) is 1. The third kappa shape index (κ3) is 4.34. The van der Waals surface area contributed by atoms with Crippen molar-refractivity contribution in [3.05, 3.63) is 29.3 Å². The summed E-state index contributed by atoms with van der Waals surface area (Å²) < 4.78 is 0. The van der Waals surface area contributed by atoms with Gasteiger partial charge in [-0.15, -0.1) is 11.6 Å². The molecule has 0 spiro atoms. The van der Waals surface area contributed by atoms with Gasteiger partial charge in [-0.3, -0.25) is 4.79 Å². The van der Waals surface area contributed by atoms with E-state index in [1.54, 1.807) is 0 Å². The van der Waals surface area contributed by atoms with Crippen LogP contribution in [0.15, 0.2) is 18.2 Å². The van der Waals surface area contributed by atoms with E-state index >= 15 is 0 Å². The number of amides is 1. The maximum Gasteiger partial charge on any atom is 0.227 e.